The largest absolute Gasteiger partial charge is 0.462 e. The molecule has 2 amide bonds. The average molecular weight is 530 g/mol. The summed E-state index contributed by atoms with van der Waals surface area (Å²) < 4.78 is 4.51. The number of anilines is 1. The van der Waals surface area contributed by atoms with E-state index in [-0.39, 0.29) is 17.7 Å². The SMILES string of the molecule is CCCCOC(=O)c1ccc(N2C(=O)[C@@H]3C4c5ccccc5C(Br)(c5ccccc54)[C@@H]3C2=O)cc1. The van der Waals surface area contributed by atoms with Crippen molar-refractivity contribution in [3.8, 4) is 0 Å². The number of imide groups is 1. The fourth-order valence-electron chi connectivity index (χ4n) is 6.07. The minimum Gasteiger partial charge on any atom is -0.462 e. The minimum atomic E-state index is -0.774. The Morgan fingerprint density at radius 3 is 2.11 bits per heavy atom. The van der Waals surface area contributed by atoms with Gasteiger partial charge in [0.1, 0.15) is 0 Å². The van der Waals surface area contributed by atoms with E-state index in [9.17, 15) is 14.4 Å². The number of hydrogen-bond donors (Lipinski definition) is 0. The Morgan fingerprint density at radius 2 is 1.51 bits per heavy atom. The molecule has 2 bridgehead atoms. The fourth-order valence-corrected chi connectivity index (χ4v) is 7.28. The summed E-state index contributed by atoms with van der Waals surface area (Å²) in [6.45, 7) is 2.41. The highest BCUT2D eigenvalue weighted by atomic mass is 79.9. The molecule has 3 aromatic rings. The van der Waals surface area contributed by atoms with E-state index in [1.54, 1.807) is 24.3 Å². The summed E-state index contributed by atoms with van der Waals surface area (Å²) in [7, 11) is 0. The molecule has 4 aliphatic rings. The van der Waals surface area contributed by atoms with Gasteiger partial charge in [0.05, 0.1) is 34.0 Å². The van der Waals surface area contributed by atoms with Crippen LogP contribution in [0.25, 0.3) is 0 Å². The highest BCUT2D eigenvalue weighted by Gasteiger charge is 2.67. The molecule has 0 spiro atoms. The molecule has 1 fully saturated rings. The number of alkyl halides is 1. The number of halogens is 1. The predicted octanol–water partition coefficient (Wildman–Crippen LogP) is 5.55. The van der Waals surface area contributed by atoms with Crippen LogP contribution < -0.4 is 4.90 Å². The molecule has 0 N–H and O–H groups in total. The molecule has 0 unspecified atom stereocenters. The standard InChI is InChI=1S/C29H24BrNO4/c1-2-3-16-35-28(34)17-12-14-18(15-13-17)31-26(32)24-23-19-8-4-6-10-21(19)29(30,25(24)27(31)33)22-11-7-5-9-20(22)23/h4-15,23-25H,2-3,16H2,1H3/t23?,24-,25+,29?/m1/s1. The smallest absolute Gasteiger partial charge is 0.338 e. The van der Waals surface area contributed by atoms with Gasteiger partial charge in [-0.3, -0.25) is 9.59 Å². The van der Waals surface area contributed by atoms with Gasteiger partial charge in [0.2, 0.25) is 11.8 Å². The van der Waals surface area contributed by atoms with Gasteiger partial charge in [-0.05, 0) is 52.9 Å². The molecule has 176 valence electrons. The van der Waals surface area contributed by atoms with E-state index in [1.165, 1.54) is 4.90 Å². The second kappa shape index (κ2) is 8.16. The number of carbonyl (C=O) groups excluding carboxylic acids is 3. The van der Waals surface area contributed by atoms with Crippen molar-refractivity contribution < 1.29 is 19.1 Å². The van der Waals surface area contributed by atoms with Crippen LogP contribution in [0.1, 0.15) is 58.3 Å². The summed E-state index contributed by atoms with van der Waals surface area (Å²) in [5.74, 6) is -2.05. The zero-order valence-corrected chi connectivity index (χ0v) is 20.8. The first-order valence-electron chi connectivity index (χ1n) is 12.0. The van der Waals surface area contributed by atoms with Crippen molar-refractivity contribution in [2.45, 2.75) is 30.0 Å². The quantitative estimate of drug-likeness (QED) is 0.188. The molecule has 0 aromatic heterocycles. The Hall–Kier alpha value is -3.25. The lowest BCUT2D eigenvalue weighted by Crippen LogP contribution is -2.50. The van der Waals surface area contributed by atoms with E-state index >= 15 is 0 Å². The number of benzene rings is 3. The van der Waals surface area contributed by atoms with Gasteiger partial charge in [0, 0.05) is 5.92 Å². The molecular formula is C29H24BrNO4. The van der Waals surface area contributed by atoms with Crippen LogP contribution in [0, 0.1) is 11.8 Å². The molecule has 0 saturated carbocycles. The number of ether oxygens (including phenoxy) is 1. The molecular weight excluding hydrogens is 506 g/mol. The molecule has 2 atom stereocenters. The lowest BCUT2D eigenvalue weighted by Gasteiger charge is -2.51. The zero-order valence-electron chi connectivity index (χ0n) is 19.2. The number of hydrogen-bond acceptors (Lipinski definition) is 4. The third-order valence-electron chi connectivity index (χ3n) is 7.61. The van der Waals surface area contributed by atoms with Crippen molar-refractivity contribution in [3.05, 3.63) is 101 Å². The van der Waals surface area contributed by atoms with Crippen LogP contribution in [0.4, 0.5) is 5.69 Å². The summed E-state index contributed by atoms with van der Waals surface area (Å²) in [5, 5.41) is 0. The molecule has 1 saturated heterocycles. The van der Waals surface area contributed by atoms with Crippen LogP contribution >= 0.6 is 15.9 Å². The van der Waals surface area contributed by atoms with Gasteiger partial charge in [-0.1, -0.05) is 77.8 Å². The Labute approximate surface area is 212 Å². The van der Waals surface area contributed by atoms with E-state index in [0.717, 1.165) is 35.1 Å². The third kappa shape index (κ3) is 3.02. The maximum Gasteiger partial charge on any atom is 0.338 e. The van der Waals surface area contributed by atoms with Crippen LogP contribution in [0.2, 0.25) is 0 Å². The maximum absolute atomic E-state index is 13.9. The highest BCUT2D eigenvalue weighted by molar-refractivity contribution is 9.09. The number of rotatable bonds is 5. The van der Waals surface area contributed by atoms with Crippen molar-refractivity contribution in [2.75, 3.05) is 11.5 Å². The Kier molecular flexibility index (Phi) is 5.18. The molecule has 6 heteroatoms. The first kappa shape index (κ1) is 22.2. The van der Waals surface area contributed by atoms with E-state index in [1.807, 2.05) is 31.2 Å². The normalized spacial score (nSPS) is 25.8. The van der Waals surface area contributed by atoms with Gasteiger partial charge >= 0.3 is 5.97 Å². The lowest BCUT2D eigenvalue weighted by atomic mass is 9.55. The van der Waals surface area contributed by atoms with Gasteiger partial charge in [0.25, 0.3) is 0 Å². The van der Waals surface area contributed by atoms with E-state index < -0.39 is 22.1 Å². The van der Waals surface area contributed by atoms with Crippen molar-refractivity contribution in [1.82, 2.24) is 0 Å². The number of amides is 2. The Bertz CT molecular complexity index is 1320. The molecule has 3 aromatic carbocycles. The number of carbonyl (C=O) groups is 3. The molecule has 3 aliphatic carbocycles. The van der Waals surface area contributed by atoms with Crippen LogP contribution in [0.3, 0.4) is 0 Å². The van der Waals surface area contributed by atoms with Gasteiger partial charge < -0.3 is 4.74 Å². The zero-order chi connectivity index (χ0) is 24.3. The second-order valence-corrected chi connectivity index (χ2v) is 10.7. The molecule has 35 heavy (non-hydrogen) atoms. The van der Waals surface area contributed by atoms with Gasteiger partial charge in [-0.15, -0.1) is 0 Å². The summed E-state index contributed by atoms with van der Waals surface area (Å²) in [6, 6.07) is 22.8. The van der Waals surface area contributed by atoms with Crippen LogP contribution in [0.5, 0.6) is 0 Å². The topological polar surface area (TPSA) is 63.7 Å². The summed E-state index contributed by atoms with van der Waals surface area (Å²) in [5.41, 5.74) is 5.17. The highest BCUT2D eigenvalue weighted by Crippen LogP contribution is 2.66. The molecule has 0 radical (unpaired) electrons. The van der Waals surface area contributed by atoms with E-state index in [2.05, 4.69) is 40.2 Å². The van der Waals surface area contributed by atoms with Crippen molar-refractivity contribution >= 4 is 39.4 Å². The lowest BCUT2D eigenvalue weighted by molar-refractivity contribution is -0.122. The molecule has 1 aliphatic heterocycles. The number of esters is 1. The fraction of sp³-hybridized carbons (Fsp3) is 0.276. The van der Waals surface area contributed by atoms with Crippen LogP contribution in [-0.4, -0.2) is 24.4 Å². The number of nitrogens with zero attached hydrogens (tertiary/aromatic N) is 1. The maximum atomic E-state index is 13.9. The molecule has 7 rings (SSSR count). The third-order valence-corrected chi connectivity index (χ3v) is 8.95. The predicted molar refractivity (Wildman–Crippen MR) is 136 cm³/mol. The van der Waals surface area contributed by atoms with Gasteiger partial charge in [0.15, 0.2) is 0 Å². The average Bonchev–Trinajstić information content (AvgIpc) is 3.16. The molecule has 1 heterocycles. The monoisotopic (exact) mass is 529 g/mol. The Morgan fingerprint density at radius 1 is 0.914 bits per heavy atom. The summed E-state index contributed by atoms with van der Waals surface area (Å²) in [4.78, 5) is 41.4. The number of unbranched alkanes of at least 4 members (excludes halogenated alkanes) is 1. The second-order valence-electron chi connectivity index (χ2n) is 9.42. The van der Waals surface area contributed by atoms with E-state index in [0.29, 0.717) is 17.9 Å². The van der Waals surface area contributed by atoms with Crippen molar-refractivity contribution in [1.29, 1.82) is 0 Å². The molecule has 5 nitrogen and oxygen atoms in total. The first-order valence-corrected chi connectivity index (χ1v) is 12.8. The van der Waals surface area contributed by atoms with E-state index in [4.69, 9.17) is 4.74 Å². The van der Waals surface area contributed by atoms with Crippen LogP contribution in [0.15, 0.2) is 72.8 Å². The first-order chi connectivity index (χ1) is 17.0. The Balaban J connectivity index is 1.39. The van der Waals surface area contributed by atoms with Crippen LogP contribution in [-0.2, 0) is 18.7 Å². The minimum absolute atomic E-state index is 0.180. The summed E-state index contributed by atoms with van der Waals surface area (Å²) in [6.07, 6.45) is 1.75. The summed E-state index contributed by atoms with van der Waals surface area (Å²) >= 11 is 4.00. The van der Waals surface area contributed by atoms with Gasteiger partial charge in [-0.25, -0.2) is 9.69 Å². The van der Waals surface area contributed by atoms with Crippen molar-refractivity contribution in [3.63, 3.8) is 0 Å². The van der Waals surface area contributed by atoms with Gasteiger partial charge in [-0.2, -0.15) is 0 Å². The van der Waals surface area contributed by atoms with Crippen molar-refractivity contribution in [2.24, 2.45) is 11.8 Å².